The van der Waals surface area contributed by atoms with Gasteiger partial charge in [-0.05, 0) is 51.1 Å². The van der Waals surface area contributed by atoms with Crippen LogP contribution in [0.15, 0.2) is 36.7 Å². The van der Waals surface area contributed by atoms with Gasteiger partial charge in [-0.3, -0.25) is 5.10 Å². The molecule has 5 heterocycles. The van der Waals surface area contributed by atoms with Crippen molar-refractivity contribution < 1.29 is 4.74 Å². The first-order valence-electron chi connectivity index (χ1n) is 10.1. The monoisotopic (exact) mass is 404 g/mol. The first-order chi connectivity index (χ1) is 14.7. The van der Waals surface area contributed by atoms with Crippen LogP contribution in [0.25, 0.3) is 22.4 Å². The third-order valence-corrected chi connectivity index (χ3v) is 5.44. The summed E-state index contributed by atoms with van der Waals surface area (Å²) >= 11 is 0. The topological polar surface area (TPSA) is 106 Å². The van der Waals surface area contributed by atoms with Gasteiger partial charge in [0, 0.05) is 24.0 Å². The fraction of sp³-hybridized carbons (Fsp3) is 0.333. The molecule has 1 aliphatic rings. The van der Waals surface area contributed by atoms with Crippen LogP contribution in [0.3, 0.4) is 0 Å². The van der Waals surface area contributed by atoms with Crippen LogP contribution in [-0.2, 0) is 0 Å². The summed E-state index contributed by atoms with van der Waals surface area (Å²) < 4.78 is 7.65. The van der Waals surface area contributed by atoms with Crippen molar-refractivity contribution in [3.63, 3.8) is 0 Å². The highest BCUT2D eigenvalue weighted by Gasteiger charge is 2.18. The lowest BCUT2D eigenvalue weighted by Gasteiger charge is -2.24. The minimum Gasteiger partial charge on any atom is -0.480 e. The van der Waals surface area contributed by atoms with E-state index in [1.54, 1.807) is 13.3 Å². The molecule has 0 spiro atoms. The summed E-state index contributed by atoms with van der Waals surface area (Å²) in [6.07, 6.45) is 6.02. The summed E-state index contributed by atoms with van der Waals surface area (Å²) in [6, 6.07) is 8.30. The second kappa shape index (κ2) is 7.75. The number of rotatable bonds is 5. The van der Waals surface area contributed by atoms with E-state index in [2.05, 4.69) is 41.6 Å². The van der Waals surface area contributed by atoms with Crippen LogP contribution in [0.5, 0.6) is 5.88 Å². The Labute approximate surface area is 173 Å². The van der Waals surface area contributed by atoms with Crippen LogP contribution in [0.1, 0.15) is 24.6 Å². The van der Waals surface area contributed by atoms with Gasteiger partial charge in [0.2, 0.25) is 5.88 Å². The number of piperidine rings is 1. The van der Waals surface area contributed by atoms with E-state index >= 15 is 0 Å². The number of nitrogens with zero attached hydrogens (tertiary/aromatic N) is 5. The summed E-state index contributed by atoms with van der Waals surface area (Å²) in [5, 5.41) is 14.1. The molecule has 30 heavy (non-hydrogen) atoms. The zero-order valence-corrected chi connectivity index (χ0v) is 17.0. The number of ether oxygens (including phenoxy) is 1. The number of methoxy groups -OCH3 is 1. The van der Waals surface area contributed by atoms with Crippen molar-refractivity contribution in [2.45, 2.75) is 25.8 Å². The summed E-state index contributed by atoms with van der Waals surface area (Å²) in [5.74, 6) is 1.87. The molecule has 4 aromatic rings. The number of aromatic amines is 1. The zero-order chi connectivity index (χ0) is 20.5. The molecule has 4 aromatic heterocycles. The van der Waals surface area contributed by atoms with Crippen LogP contribution < -0.4 is 15.4 Å². The van der Waals surface area contributed by atoms with Crippen LogP contribution in [-0.4, -0.2) is 49.9 Å². The normalized spacial score (nSPS) is 14.9. The number of hydrogen-bond donors (Lipinski definition) is 3. The molecular formula is C21H24N8O. The Balaban J connectivity index is 1.41. The van der Waals surface area contributed by atoms with E-state index in [-0.39, 0.29) is 0 Å². The van der Waals surface area contributed by atoms with E-state index < -0.39 is 0 Å². The smallest absolute Gasteiger partial charge is 0.222 e. The summed E-state index contributed by atoms with van der Waals surface area (Å²) in [4.78, 5) is 13.8. The second-order valence-corrected chi connectivity index (χ2v) is 7.47. The van der Waals surface area contributed by atoms with Crippen LogP contribution >= 0.6 is 0 Å². The van der Waals surface area contributed by atoms with Gasteiger partial charge in [0.05, 0.1) is 24.6 Å². The molecule has 3 N–H and O–H groups in total. The predicted octanol–water partition coefficient (Wildman–Crippen LogP) is 3.20. The van der Waals surface area contributed by atoms with Crippen LogP contribution in [0, 0.1) is 6.92 Å². The number of aromatic nitrogens is 6. The quantitative estimate of drug-likeness (QED) is 0.469. The average Bonchev–Trinajstić information content (AvgIpc) is 3.41. The Morgan fingerprint density at radius 3 is 2.83 bits per heavy atom. The lowest BCUT2D eigenvalue weighted by Crippen LogP contribution is -2.29. The molecule has 9 heteroatoms. The lowest BCUT2D eigenvalue weighted by atomic mass is 10.1. The van der Waals surface area contributed by atoms with Crippen molar-refractivity contribution in [1.29, 1.82) is 0 Å². The number of aryl methyl sites for hydroxylation is 1. The fourth-order valence-electron chi connectivity index (χ4n) is 3.91. The number of H-pyrrole nitrogens is 1. The first-order valence-corrected chi connectivity index (χ1v) is 10.1. The molecule has 5 rings (SSSR count). The Bertz CT molecular complexity index is 1170. The zero-order valence-electron chi connectivity index (χ0n) is 17.0. The van der Waals surface area contributed by atoms with Gasteiger partial charge in [-0.2, -0.15) is 5.10 Å². The second-order valence-electron chi connectivity index (χ2n) is 7.47. The van der Waals surface area contributed by atoms with Gasteiger partial charge in [0.15, 0.2) is 17.3 Å². The van der Waals surface area contributed by atoms with Crippen molar-refractivity contribution in [2.24, 2.45) is 0 Å². The highest BCUT2D eigenvalue weighted by Crippen LogP contribution is 2.29. The molecular weight excluding hydrogens is 380 g/mol. The van der Waals surface area contributed by atoms with E-state index in [1.165, 1.54) is 0 Å². The maximum absolute atomic E-state index is 5.41. The molecule has 0 aliphatic carbocycles. The molecule has 0 aromatic carbocycles. The number of hydrogen-bond acceptors (Lipinski definition) is 7. The molecule has 0 unspecified atom stereocenters. The van der Waals surface area contributed by atoms with E-state index in [1.807, 2.05) is 31.2 Å². The number of fused-ring (bicyclic) bond motifs is 1. The number of pyridine rings is 1. The van der Waals surface area contributed by atoms with Gasteiger partial charge in [-0.1, -0.05) is 0 Å². The highest BCUT2D eigenvalue weighted by atomic mass is 16.5. The minimum atomic E-state index is 0.451. The number of anilines is 2. The number of nitrogens with one attached hydrogen (secondary N) is 3. The molecule has 0 bridgehead atoms. The van der Waals surface area contributed by atoms with Crippen LogP contribution in [0.4, 0.5) is 11.6 Å². The van der Waals surface area contributed by atoms with E-state index in [0.29, 0.717) is 23.6 Å². The largest absolute Gasteiger partial charge is 0.480 e. The average molecular weight is 404 g/mol. The van der Waals surface area contributed by atoms with Crippen molar-refractivity contribution in [3.8, 4) is 17.1 Å². The van der Waals surface area contributed by atoms with E-state index in [9.17, 15) is 0 Å². The molecule has 1 fully saturated rings. The Kier molecular flexibility index (Phi) is 4.80. The standard InChI is InChI=1S/C21H24N8O/c1-13-3-4-15(21(24-13)30-2)17-11-18(28-27-17)25-19-12-23-16-7-10-29(20(16)26-19)14-5-8-22-9-6-14/h3-4,7,10-12,14,22H,5-6,8-9H2,1-2H3,(H2,25,26,27,28). The van der Waals surface area contributed by atoms with Gasteiger partial charge in [0.25, 0.3) is 0 Å². The molecule has 9 nitrogen and oxygen atoms in total. The molecule has 0 radical (unpaired) electrons. The maximum Gasteiger partial charge on any atom is 0.222 e. The van der Waals surface area contributed by atoms with Gasteiger partial charge in [-0.25, -0.2) is 15.0 Å². The molecule has 0 saturated carbocycles. The maximum atomic E-state index is 5.41. The summed E-state index contributed by atoms with van der Waals surface area (Å²) in [5.41, 5.74) is 4.36. The summed E-state index contributed by atoms with van der Waals surface area (Å²) in [6.45, 7) is 3.99. The lowest BCUT2D eigenvalue weighted by molar-refractivity contribution is 0.375. The van der Waals surface area contributed by atoms with Crippen molar-refractivity contribution in [1.82, 2.24) is 35.0 Å². The molecule has 1 aliphatic heterocycles. The molecule has 1 saturated heterocycles. The summed E-state index contributed by atoms with van der Waals surface area (Å²) in [7, 11) is 1.61. The third kappa shape index (κ3) is 3.48. The molecule has 0 amide bonds. The van der Waals surface area contributed by atoms with Gasteiger partial charge >= 0.3 is 0 Å². The van der Waals surface area contributed by atoms with Crippen molar-refractivity contribution >= 4 is 22.8 Å². The third-order valence-electron chi connectivity index (χ3n) is 5.44. The molecule has 0 atom stereocenters. The SMILES string of the molecule is COc1nc(C)ccc1-c1cc(Nc2cnc3ccn(C4CCNCC4)c3n2)n[nH]1. The predicted molar refractivity (Wildman–Crippen MR) is 115 cm³/mol. The Morgan fingerprint density at radius 1 is 1.13 bits per heavy atom. The van der Waals surface area contributed by atoms with Crippen molar-refractivity contribution in [3.05, 3.63) is 42.4 Å². The van der Waals surface area contributed by atoms with E-state index in [4.69, 9.17) is 9.72 Å². The minimum absolute atomic E-state index is 0.451. The van der Waals surface area contributed by atoms with Crippen LogP contribution in [0.2, 0.25) is 0 Å². The van der Waals surface area contributed by atoms with Gasteiger partial charge < -0.3 is 19.9 Å². The van der Waals surface area contributed by atoms with Gasteiger partial charge in [0.1, 0.15) is 5.52 Å². The Morgan fingerprint density at radius 2 is 2.00 bits per heavy atom. The highest BCUT2D eigenvalue weighted by molar-refractivity contribution is 5.74. The van der Waals surface area contributed by atoms with Crippen molar-refractivity contribution in [2.75, 3.05) is 25.5 Å². The Hall–Kier alpha value is -3.46. The first kappa shape index (κ1) is 18.6. The van der Waals surface area contributed by atoms with E-state index in [0.717, 1.165) is 54.0 Å². The van der Waals surface area contributed by atoms with Gasteiger partial charge in [-0.15, -0.1) is 0 Å². The molecule has 154 valence electrons. The fourth-order valence-corrected chi connectivity index (χ4v) is 3.91.